The van der Waals surface area contributed by atoms with Gasteiger partial charge >= 0.3 is 5.97 Å². The van der Waals surface area contributed by atoms with Crippen molar-refractivity contribution in [3.63, 3.8) is 0 Å². The van der Waals surface area contributed by atoms with Crippen LogP contribution in [-0.2, 0) is 19.7 Å². The molecule has 0 aromatic carbocycles. The Morgan fingerprint density at radius 1 is 1.41 bits per heavy atom. The molecule has 2 N–H and O–H groups in total. The van der Waals surface area contributed by atoms with Crippen molar-refractivity contribution in [2.75, 3.05) is 13.7 Å². The smallest absolute Gasteiger partial charge is 0.315 e. The normalized spacial score (nSPS) is 13.7. The van der Waals surface area contributed by atoms with E-state index in [4.69, 9.17) is 4.74 Å². The molecule has 0 radical (unpaired) electrons. The average Bonchev–Trinajstić information content (AvgIpc) is 2.86. The van der Waals surface area contributed by atoms with Crippen LogP contribution in [0.2, 0.25) is 0 Å². The minimum Gasteiger partial charge on any atom is -0.481 e. The van der Waals surface area contributed by atoms with Crippen LogP contribution in [0.1, 0.15) is 46.4 Å². The van der Waals surface area contributed by atoms with Crippen LogP contribution in [0, 0.1) is 0 Å². The lowest BCUT2D eigenvalue weighted by Gasteiger charge is -2.27. The van der Waals surface area contributed by atoms with Crippen LogP contribution < -0.4 is 5.32 Å². The van der Waals surface area contributed by atoms with Crippen LogP contribution in [0.4, 0.5) is 0 Å². The van der Waals surface area contributed by atoms with E-state index >= 15 is 0 Å². The van der Waals surface area contributed by atoms with Gasteiger partial charge in [0.15, 0.2) is 0 Å². The molecule has 0 saturated carbocycles. The number of aromatic nitrogens is 3. The summed E-state index contributed by atoms with van der Waals surface area (Å²) in [6.07, 6.45) is 1.49. The van der Waals surface area contributed by atoms with Gasteiger partial charge < -0.3 is 15.2 Å². The number of aliphatic carboxylic acids is 1. The number of carbonyl (C=O) groups is 2. The number of hydrogen-bond acceptors (Lipinski definition) is 5. The molecule has 0 fully saturated rings. The minimum absolute atomic E-state index is 0.244. The molecule has 1 rings (SSSR count). The molecule has 8 heteroatoms. The van der Waals surface area contributed by atoms with Gasteiger partial charge in [0.25, 0.3) is 0 Å². The first-order chi connectivity index (χ1) is 10.0. The lowest BCUT2D eigenvalue weighted by molar-refractivity contribution is -0.142. The molecule has 1 heterocycles. The second kappa shape index (κ2) is 6.43. The number of carbonyl (C=O) groups excluding carboxylic acids is 1. The Labute approximate surface area is 129 Å². The van der Waals surface area contributed by atoms with E-state index in [1.165, 1.54) is 24.7 Å². The highest BCUT2D eigenvalue weighted by molar-refractivity contribution is 5.81. The molecule has 1 amide bonds. The third-order valence-electron chi connectivity index (χ3n) is 3.43. The zero-order chi connectivity index (χ0) is 17.1. The summed E-state index contributed by atoms with van der Waals surface area (Å²) in [5.41, 5.74) is -1.37. The highest BCUT2D eigenvalue weighted by Gasteiger charge is 2.34. The van der Waals surface area contributed by atoms with Gasteiger partial charge in [-0.25, -0.2) is 4.68 Å². The second-order valence-electron chi connectivity index (χ2n) is 6.50. The van der Waals surface area contributed by atoms with Gasteiger partial charge in [-0.05, 0) is 34.6 Å². The lowest BCUT2D eigenvalue weighted by atomic mass is 9.90. The SMILES string of the molecule is COCC(C)(C)NC(=O)C(C)n1cc(C(C)(C)C(=O)O)nn1. The fourth-order valence-corrected chi connectivity index (χ4v) is 1.82. The molecule has 1 unspecified atom stereocenters. The van der Waals surface area contributed by atoms with E-state index in [-0.39, 0.29) is 5.91 Å². The predicted octanol–water partition coefficient (Wildman–Crippen LogP) is 0.742. The van der Waals surface area contributed by atoms with Gasteiger partial charge in [-0.1, -0.05) is 5.21 Å². The fourth-order valence-electron chi connectivity index (χ4n) is 1.82. The Bertz CT molecular complexity index is 551. The Morgan fingerprint density at radius 2 is 2.00 bits per heavy atom. The first kappa shape index (κ1) is 18.1. The van der Waals surface area contributed by atoms with E-state index in [1.807, 2.05) is 13.8 Å². The van der Waals surface area contributed by atoms with Gasteiger partial charge in [0, 0.05) is 7.11 Å². The van der Waals surface area contributed by atoms with E-state index in [9.17, 15) is 14.7 Å². The Balaban J connectivity index is 2.87. The molecule has 0 aliphatic carbocycles. The monoisotopic (exact) mass is 312 g/mol. The number of methoxy groups -OCH3 is 1. The van der Waals surface area contributed by atoms with Crippen molar-refractivity contribution < 1.29 is 19.4 Å². The maximum atomic E-state index is 12.3. The van der Waals surface area contributed by atoms with Crippen molar-refractivity contribution in [3.05, 3.63) is 11.9 Å². The summed E-state index contributed by atoms with van der Waals surface area (Å²) in [5, 5.41) is 19.8. The van der Waals surface area contributed by atoms with Crippen LogP contribution in [0.25, 0.3) is 0 Å². The Kier molecular flexibility index (Phi) is 5.29. The number of hydrogen-bond donors (Lipinski definition) is 2. The van der Waals surface area contributed by atoms with Gasteiger partial charge in [0.05, 0.1) is 24.0 Å². The largest absolute Gasteiger partial charge is 0.481 e. The molecule has 8 nitrogen and oxygen atoms in total. The Hall–Kier alpha value is -1.96. The van der Waals surface area contributed by atoms with Crippen molar-refractivity contribution in [2.45, 2.75) is 51.6 Å². The van der Waals surface area contributed by atoms with E-state index in [0.717, 1.165) is 0 Å². The van der Waals surface area contributed by atoms with Crippen LogP contribution in [0.3, 0.4) is 0 Å². The van der Waals surface area contributed by atoms with Crippen LogP contribution >= 0.6 is 0 Å². The summed E-state index contributed by atoms with van der Waals surface area (Å²) >= 11 is 0. The summed E-state index contributed by atoms with van der Waals surface area (Å²) in [7, 11) is 1.56. The first-order valence-electron chi connectivity index (χ1n) is 6.98. The zero-order valence-electron chi connectivity index (χ0n) is 13.9. The summed E-state index contributed by atoms with van der Waals surface area (Å²) in [6.45, 7) is 8.82. The van der Waals surface area contributed by atoms with Crippen molar-refractivity contribution in [2.24, 2.45) is 0 Å². The molecular weight excluding hydrogens is 288 g/mol. The summed E-state index contributed by atoms with van der Waals surface area (Å²) < 4.78 is 6.41. The number of amides is 1. The molecule has 0 aliphatic rings. The standard InChI is InChI=1S/C14H24N4O4/c1-9(11(19)15-13(2,3)8-22-6)18-7-10(16-17-18)14(4,5)12(20)21/h7,9H,8H2,1-6H3,(H,15,19)(H,20,21). The zero-order valence-corrected chi connectivity index (χ0v) is 13.9. The first-order valence-corrected chi connectivity index (χ1v) is 6.98. The second-order valence-corrected chi connectivity index (χ2v) is 6.50. The predicted molar refractivity (Wildman–Crippen MR) is 79.5 cm³/mol. The van der Waals surface area contributed by atoms with Crippen molar-refractivity contribution in [3.8, 4) is 0 Å². The van der Waals surface area contributed by atoms with E-state index in [1.54, 1.807) is 14.0 Å². The van der Waals surface area contributed by atoms with E-state index in [2.05, 4.69) is 15.6 Å². The highest BCUT2D eigenvalue weighted by Crippen LogP contribution is 2.21. The number of carboxylic acids is 1. The van der Waals surface area contributed by atoms with Gasteiger partial charge in [-0.3, -0.25) is 9.59 Å². The Morgan fingerprint density at radius 3 is 2.50 bits per heavy atom. The molecule has 0 spiro atoms. The minimum atomic E-state index is -1.16. The average molecular weight is 312 g/mol. The third-order valence-corrected chi connectivity index (χ3v) is 3.43. The van der Waals surface area contributed by atoms with E-state index in [0.29, 0.717) is 12.3 Å². The van der Waals surface area contributed by atoms with Crippen molar-refractivity contribution in [1.29, 1.82) is 0 Å². The number of nitrogens with one attached hydrogen (secondary N) is 1. The van der Waals surface area contributed by atoms with Crippen molar-refractivity contribution in [1.82, 2.24) is 20.3 Å². The molecule has 1 aromatic heterocycles. The third kappa shape index (κ3) is 4.03. The molecule has 22 heavy (non-hydrogen) atoms. The quantitative estimate of drug-likeness (QED) is 0.769. The number of carboxylic acid groups (broad SMARTS) is 1. The van der Waals surface area contributed by atoms with Gasteiger partial charge in [0.1, 0.15) is 11.5 Å². The van der Waals surface area contributed by atoms with Crippen LogP contribution in [0.5, 0.6) is 0 Å². The molecule has 0 saturated heterocycles. The highest BCUT2D eigenvalue weighted by atomic mass is 16.5. The molecular formula is C14H24N4O4. The maximum absolute atomic E-state index is 12.3. The van der Waals surface area contributed by atoms with E-state index < -0.39 is 23.0 Å². The van der Waals surface area contributed by atoms with Gasteiger partial charge in [0.2, 0.25) is 5.91 Å². The molecule has 1 aromatic rings. The fraction of sp³-hybridized carbons (Fsp3) is 0.714. The lowest BCUT2D eigenvalue weighted by Crippen LogP contribution is -2.49. The summed E-state index contributed by atoms with van der Waals surface area (Å²) in [5.74, 6) is -1.25. The topological polar surface area (TPSA) is 106 Å². The number of nitrogens with zero attached hydrogens (tertiary/aromatic N) is 3. The van der Waals surface area contributed by atoms with Gasteiger partial charge in [-0.15, -0.1) is 5.10 Å². The summed E-state index contributed by atoms with van der Waals surface area (Å²) in [4.78, 5) is 23.5. The van der Waals surface area contributed by atoms with Crippen molar-refractivity contribution >= 4 is 11.9 Å². The number of ether oxygens (including phenoxy) is 1. The number of rotatable bonds is 7. The van der Waals surface area contributed by atoms with Crippen LogP contribution in [-0.4, -0.2) is 51.2 Å². The molecule has 0 bridgehead atoms. The molecule has 0 aliphatic heterocycles. The van der Waals surface area contributed by atoms with Gasteiger partial charge in [-0.2, -0.15) is 0 Å². The maximum Gasteiger partial charge on any atom is 0.315 e. The molecule has 1 atom stereocenters. The van der Waals surface area contributed by atoms with Crippen LogP contribution in [0.15, 0.2) is 6.20 Å². The summed E-state index contributed by atoms with van der Waals surface area (Å²) in [6, 6.07) is -0.609. The molecule has 124 valence electrons.